The first-order chi connectivity index (χ1) is 20.4. The fraction of sp³-hybridized carbons (Fsp3) is 0.821. The fourth-order valence-corrected chi connectivity index (χ4v) is 9.08. The summed E-state index contributed by atoms with van der Waals surface area (Å²) in [6.07, 6.45) is -4.91. The van der Waals surface area contributed by atoms with Crippen molar-refractivity contribution in [1.29, 1.82) is 0 Å². The van der Waals surface area contributed by atoms with Gasteiger partial charge in [-0.25, -0.2) is 14.4 Å². The van der Waals surface area contributed by atoms with E-state index >= 15 is 0 Å². The van der Waals surface area contributed by atoms with Crippen LogP contribution in [0.1, 0.15) is 53.4 Å². The van der Waals surface area contributed by atoms with Gasteiger partial charge in [-0.2, -0.15) is 0 Å². The molecule has 4 aliphatic heterocycles. The van der Waals surface area contributed by atoms with Crippen LogP contribution in [0.25, 0.3) is 0 Å². The van der Waals surface area contributed by atoms with Crippen LogP contribution >= 0.6 is 0 Å². The van der Waals surface area contributed by atoms with Crippen molar-refractivity contribution in [3.05, 3.63) is 0 Å². The average molecular weight is 629 g/mol. The number of hydrogen-bond donors (Lipinski definition) is 6. The van der Waals surface area contributed by atoms with E-state index in [1.807, 2.05) is 20.8 Å². The predicted octanol–water partition coefficient (Wildman–Crippen LogP) is -1.73. The van der Waals surface area contributed by atoms with Gasteiger partial charge in [0.2, 0.25) is 11.9 Å². The van der Waals surface area contributed by atoms with Crippen molar-refractivity contribution in [3.63, 3.8) is 0 Å². The summed E-state index contributed by atoms with van der Waals surface area (Å²) in [6.45, 7) is 6.79. The lowest BCUT2D eigenvalue weighted by Gasteiger charge is -2.48. The maximum absolute atomic E-state index is 13.6. The molecule has 12 atom stereocenters. The van der Waals surface area contributed by atoms with Gasteiger partial charge < -0.3 is 55.6 Å². The van der Waals surface area contributed by atoms with Crippen LogP contribution in [-0.4, -0.2) is 111 Å². The quantitative estimate of drug-likeness (QED) is 0.0990. The Morgan fingerprint density at radius 1 is 1.09 bits per heavy atom. The zero-order valence-corrected chi connectivity index (χ0v) is 24.9. The molecule has 0 bridgehead atoms. The molecule has 4 heterocycles. The monoisotopic (exact) mass is 628 g/mol. The second-order valence-corrected chi connectivity index (χ2v) is 13.6. The lowest BCUT2D eigenvalue weighted by atomic mass is 9.51. The standard InChI is InChI=1S/C22H26O12.C6H14N2O2/c1-7-14(26)32-12-11(25)20-9-5-8(18(2,3)4)19(20)13(30-6-10(23)24)15(27)33-17(19)34-22(20,16(28)31-9)21(7,12)29;7-4-2-1-3-5(8)6(9)10/h7-9,11-13,17,25,29H,5-6H2,1-4H3,(H,23,24);5H,1-4,7-8H2,(H,9,10)/t7?,8-,9?,11-,12-,13-,17-,19?,20-,21+,22+;5-/m00/s1. The molecule has 246 valence electrons. The summed E-state index contributed by atoms with van der Waals surface area (Å²) in [5.41, 5.74) is 1.80. The third-order valence-electron chi connectivity index (χ3n) is 10.6. The first kappa shape index (κ1) is 32.5. The number of fused-ring (bicyclic) bond motifs is 1. The summed E-state index contributed by atoms with van der Waals surface area (Å²) < 4.78 is 28.5. The van der Waals surface area contributed by atoms with E-state index in [4.69, 9.17) is 40.3 Å². The molecule has 6 rings (SSSR count). The number of rotatable bonds is 8. The summed E-state index contributed by atoms with van der Waals surface area (Å²) in [5.74, 6) is -6.78. The second kappa shape index (κ2) is 10.3. The molecule has 2 spiro atoms. The van der Waals surface area contributed by atoms with E-state index in [1.165, 1.54) is 6.92 Å². The molecular weight excluding hydrogens is 588 g/mol. The smallest absolute Gasteiger partial charge is 0.343 e. The Bertz CT molecular complexity index is 1270. The molecule has 16 heteroatoms. The normalized spacial score (nSPS) is 44.9. The summed E-state index contributed by atoms with van der Waals surface area (Å²) >= 11 is 0. The molecule has 4 saturated heterocycles. The van der Waals surface area contributed by atoms with Gasteiger partial charge in [-0.3, -0.25) is 9.59 Å². The van der Waals surface area contributed by atoms with E-state index in [9.17, 15) is 39.3 Å². The largest absolute Gasteiger partial charge is 0.480 e. The van der Waals surface area contributed by atoms with Crippen LogP contribution < -0.4 is 11.5 Å². The number of carboxylic acids is 2. The number of hydrogen-bond acceptors (Lipinski definition) is 14. The highest BCUT2D eigenvalue weighted by molar-refractivity contribution is 5.94. The van der Waals surface area contributed by atoms with Crippen LogP contribution in [0.2, 0.25) is 0 Å². The van der Waals surface area contributed by atoms with E-state index in [2.05, 4.69) is 0 Å². The van der Waals surface area contributed by atoms with Gasteiger partial charge in [-0.05, 0) is 44.1 Å². The van der Waals surface area contributed by atoms with E-state index in [-0.39, 0.29) is 6.42 Å². The number of aliphatic hydroxyl groups excluding tert-OH is 1. The van der Waals surface area contributed by atoms with E-state index in [0.29, 0.717) is 13.0 Å². The SMILES string of the molecule is CC1C(=O)O[C@H]2[C@H](O)[C@@]34C5C[C@@H](C(C)(C)C)C36[C@@H](OC(=O)[C@@H]6OCC(=O)O)O[C@@]4(C(=O)O5)[C@@]12O.NCCCC[C@H](N)C(=O)O. The maximum atomic E-state index is 13.6. The number of aliphatic hydroxyl groups is 2. The molecule has 6 fully saturated rings. The summed E-state index contributed by atoms with van der Waals surface area (Å²) in [6, 6.07) is -0.716. The Labute approximate surface area is 252 Å². The first-order valence-corrected chi connectivity index (χ1v) is 14.6. The fourth-order valence-electron chi connectivity index (χ4n) is 9.08. The van der Waals surface area contributed by atoms with E-state index in [1.54, 1.807) is 0 Å². The molecule has 0 amide bonds. The molecule has 8 N–H and O–H groups in total. The highest BCUT2D eigenvalue weighted by Crippen LogP contribution is 2.84. The highest BCUT2D eigenvalue weighted by atomic mass is 16.8. The van der Waals surface area contributed by atoms with Crippen LogP contribution in [0.15, 0.2) is 0 Å². The van der Waals surface area contributed by atoms with Gasteiger partial charge in [0.05, 0.1) is 16.7 Å². The molecule has 0 aromatic heterocycles. The lowest BCUT2D eigenvalue weighted by molar-refractivity contribution is -0.240. The molecular formula is C28H40N2O14. The van der Waals surface area contributed by atoms with Crippen molar-refractivity contribution >= 4 is 29.8 Å². The molecule has 3 unspecified atom stereocenters. The summed E-state index contributed by atoms with van der Waals surface area (Å²) in [7, 11) is 0. The van der Waals surface area contributed by atoms with Crippen molar-refractivity contribution in [1.82, 2.24) is 0 Å². The predicted molar refractivity (Wildman–Crippen MR) is 142 cm³/mol. The van der Waals surface area contributed by atoms with E-state index in [0.717, 1.165) is 12.8 Å². The molecule has 0 radical (unpaired) electrons. The van der Waals surface area contributed by atoms with Crippen molar-refractivity contribution in [2.24, 2.45) is 39.5 Å². The number of esters is 3. The zero-order chi connectivity index (χ0) is 32.8. The number of nitrogens with two attached hydrogens (primary N) is 2. The van der Waals surface area contributed by atoms with E-state index < -0.39 is 112 Å². The zero-order valence-electron chi connectivity index (χ0n) is 24.9. The summed E-state index contributed by atoms with van der Waals surface area (Å²) in [4.78, 5) is 60.6. The first-order valence-electron chi connectivity index (χ1n) is 14.6. The van der Waals surface area contributed by atoms with Crippen LogP contribution in [0, 0.1) is 28.1 Å². The number of carbonyl (C=O) groups is 5. The third-order valence-corrected chi connectivity index (χ3v) is 10.6. The van der Waals surface area contributed by atoms with Gasteiger partial charge in [0, 0.05) is 0 Å². The lowest BCUT2D eigenvalue weighted by Crippen LogP contribution is -2.67. The van der Waals surface area contributed by atoms with Crippen LogP contribution in [-0.2, 0) is 47.7 Å². The van der Waals surface area contributed by atoms with Crippen molar-refractivity contribution in [3.8, 4) is 0 Å². The molecule has 16 nitrogen and oxygen atoms in total. The summed E-state index contributed by atoms with van der Waals surface area (Å²) in [5, 5.41) is 41.4. The van der Waals surface area contributed by atoms with Crippen LogP contribution in [0.3, 0.4) is 0 Å². The number of ether oxygens (including phenoxy) is 5. The van der Waals surface area contributed by atoms with Crippen LogP contribution in [0.5, 0.6) is 0 Å². The van der Waals surface area contributed by atoms with Gasteiger partial charge in [-0.1, -0.05) is 27.2 Å². The van der Waals surface area contributed by atoms with Crippen molar-refractivity contribution < 1.29 is 68.1 Å². The maximum Gasteiger partial charge on any atom is 0.343 e. The topological polar surface area (TPSA) is 264 Å². The van der Waals surface area contributed by atoms with Crippen LogP contribution in [0.4, 0.5) is 0 Å². The Morgan fingerprint density at radius 2 is 1.75 bits per heavy atom. The number of carboxylic acid groups (broad SMARTS) is 2. The Kier molecular flexibility index (Phi) is 7.62. The average Bonchev–Trinajstić information content (AvgIpc) is 3.64. The minimum Gasteiger partial charge on any atom is -0.480 e. The van der Waals surface area contributed by atoms with Gasteiger partial charge in [-0.15, -0.1) is 0 Å². The highest BCUT2D eigenvalue weighted by Gasteiger charge is 3.04. The minimum atomic E-state index is -2.32. The van der Waals surface area contributed by atoms with Gasteiger partial charge >= 0.3 is 29.8 Å². The van der Waals surface area contributed by atoms with Gasteiger partial charge in [0.15, 0.2) is 17.8 Å². The Hall–Kier alpha value is -2.89. The van der Waals surface area contributed by atoms with Crippen molar-refractivity contribution in [2.75, 3.05) is 13.2 Å². The molecule has 44 heavy (non-hydrogen) atoms. The molecule has 2 saturated carbocycles. The number of unbranched alkanes of at least 4 members (excludes halogenated alkanes) is 1. The number of carbonyl (C=O) groups excluding carboxylic acids is 3. The number of aliphatic carboxylic acids is 2. The Balaban J connectivity index is 0.000000333. The third kappa shape index (κ3) is 3.63. The molecule has 0 aromatic rings. The second-order valence-electron chi connectivity index (χ2n) is 13.6. The van der Waals surface area contributed by atoms with Gasteiger partial charge in [0.25, 0.3) is 0 Å². The molecule has 0 aromatic carbocycles. The van der Waals surface area contributed by atoms with Crippen molar-refractivity contribution in [2.45, 2.75) is 101 Å². The van der Waals surface area contributed by atoms with Gasteiger partial charge in [0.1, 0.15) is 24.9 Å². The molecule has 2 aliphatic carbocycles. The Morgan fingerprint density at radius 3 is 2.32 bits per heavy atom. The molecule has 6 aliphatic rings. The minimum absolute atomic E-state index is 0.169.